The number of nitrogens with two attached hydrogens (primary N) is 1. The van der Waals surface area contributed by atoms with Crippen LogP contribution in [0.3, 0.4) is 0 Å². The van der Waals surface area contributed by atoms with Crippen LogP contribution in [0.2, 0.25) is 0 Å². The highest BCUT2D eigenvalue weighted by Gasteiger charge is 2.06. The third-order valence-corrected chi connectivity index (χ3v) is 2.39. The fraction of sp³-hybridized carbons (Fsp3) is 0.455. The Hall–Kier alpha value is -2.02. The first-order valence-electron chi connectivity index (χ1n) is 5.94. The van der Waals surface area contributed by atoms with E-state index in [0.717, 1.165) is 32.2 Å². The van der Waals surface area contributed by atoms with Crippen molar-refractivity contribution < 1.29 is 0 Å². The average Bonchev–Trinajstić information content (AvgIpc) is 2.45. The van der Waals surface area contributed by atoms with Gasteiger partial charge < -0.3 is 5.73 Å². The first-order chi connectivity index (χ1) is 8.90. The van der Waals surface area contributed by atoms with Crippen LogP contribution in [0.4, 0.5) is 0 Å². The Kier molecular flexibility index (Phi) is 4.60. The van der Waals surface area contributed by atoms with Crippen molar-refractivity contribution in [1.29, 1.82) is 0 Å². The van der Waals surface area contributed by atoms with Gasteiger partial charge in [-0.3, -0.25) is 0 Å². The average molecular weight is 245 g/mol. The highest BCUT2D eigenvalue weighted by atomic mass is 15.3. The zero-order valence-electron chi connectivity index (χ0n) is 10.0. The summed E-state index contributed by atoms with van der Waals surface area (Å²) in [5, 5.41) is 16.0. The van der Waals surface area contributed by atoms with E-state index >= 15 is 0 Å². The minimum atomic E-state index is 0.348. The van der Waals surface area contributed by atoms with Crippen LogP contribution in [-0.4, -0.2) is 36.9 Å². The fourth-order valence-electron chi connectivity index (χ4n) is 1.46. The lowest BCUT2D eigenvalue weighted by Gasteiger charge is -1.99. The number of rotatable bonds is 6. The van der Waals surface area contributed by atoms with E-state index in [4.69, 9.17) is 5.73 Å². The van der Waals surface area contributed by atoms with Gasteiger partial charge in [-0.15, -0.1) is 20.4 Å². The molecule has 7 nitrogen and oxygen atoms in total. The maximum atomic E-state index is 5.42. The van der Waals surface area contributed by atoms with Gasteiger partial charge in [-0.2, -0.15) is 0 Å². The molecule has 0 amide bonds. The highest BCUT2D eigenvalue weighted by molar-refractivity contribution is 5.39. The summed E-state index contributed by atoms with van der Waals surface area (Å²) in [7, 11) is 0. The molecule has 0 aliphatic rings. The second-order valence-electron chi connectivity index (χ2n) is 3.81. The Morgan fingerprint density at radius 1 is 0.833 bits per heavy atom. The van der Waals surface area contributed by atoms with E-state index in [1.54, 1.807) is 18.5 Å². The van der Waals surface area contributed by atoms with Crippen molar-refractivity contribution in [3.8, 4) is 11.6 Å². The van der Waals surface area contributed by atoms with Crippen LogP contribution in [0.25, 0.3) is 11.6 Å². The van der Waals surface area contributed by atoms with Crippen molar-refractivity contribution in [3.63, 3.8) is 0 Å². The Bertz CT molecular complexity index is 457. The maximum Gasteiger partial charge on any atom is 0.240 e. The first-order valence-corrected chi connectivity index (χ1v) is 5.94. The molecule has 0 spiro atoms. The molecule has 2 aromatic heterocycles. The number of hydrogen-bond acceptors (Lipinski definition) is 7. The number of aromatic nitrogens is 6. The summed E-state index contributed by atoms with van der Waals surface area (Å²) in [6.07, 6.45) is 7.14. The predicted molar refractivity (Wildman–Crippen MR) is 65.3 cm³/mol. The molecule has 0 bridgehead atoms. The van der Waals surface area contributed by atoms with Gasteiger partial charge in [-0.25, -0.2) is 9.97 Å². The van der Waals surface area contributed by atoms with E-state index in [1.807, 2.05) is 0 Å². The minimum absolute atomic E-state index is 0.348. The molecule has 0 aliphatic carbocycles. The van der Waals surface area contributed by atoms with Gasteiger partial charge in [-0.05, 0) is 25.5 Å². The molecule has 94 valence electrons. The van der Waals surface area contributed by atoms with Crippen molar-refractivity contribution in [2.75, 3.05) is 6.54 Å². The van der Waals surface area contributed by atoms with Crippen molar-refractivity contribution >= 4 is 0 Å². The van der Waals surface area contributed by atoms with E-state index in [-0.39, 0.29) is 0 Å². The molecule has 0 aromatic carbocycles. The van der Waals surface area contributed by atoms with Gasteiger partial charge in [0.1, 0.15) is 0 Å². The van der Waals surface area contributed by atoms with Crippen LogP contribution in [0.15, 0.2) is 18.5 Å². The largest absolute Gasteiger partial charge is 0.330 e. The van der Waals surface area contributed by atoms with Crippen molar-refractivity contribution in [3.05, 3.63) is 24.3 Å². The first kappa shape index (κ1) is 12.4. The van der Waals surface area contributed by atoms with E-state index in [2.05, 4.69) is 30.4 Å². The molecule has 7 heteroatoms. The van der Waals surface area contributed by atoms with Crippen LogP contribution < -0.4 is 5.73 Å². The molecule has 2 heterocycles. The van der Waals surface area contributed by atoms with Crippen molar-refractivity contribution in [2.45, 2.75) is 25.7 Å². The molecule has 0 saturated carbocycles. The summed E-state index contributed by atoms with van der Waals surface area (Å²) in [6.45, 7) is 0.724. The maximum absolute atomic E-state index is 5.42. The van der Waals surface area contributed by atoms with Crippen LogP contribution in [0.1, 0.15) is 25.1 Å². The van der Waals surface area contributed by atoms with E-state index < -0.39 is 0 Å². The molecule has 0 atom stereocenters. The topological polar surface area (TPSA) is 103 Å². The lowest BCUT2D eigenvalue weighted by atomic mass is 10.2. The third-order valence-electron chi connectivity index (χ3n) is 2.39. The molecule has 2 rings (SSSR count). The lowest BCUT2D eigenvalue weighted by molar-refractivity contribution is 0.647. The molecule has 0 saturated heterocycles. The molecule has 0 fully saturated rings. The van der Waals surface area contributed by atoms with Crippen molar-refractivity contribution in [1.82, 2.24) is 30.4 Å². The number of aryl methyl sites for hydroxylation is 1. The smallest absolute Gasteiger partial charge is 0.240 e. The normalized spacial score (nSPS) is 10.5. The van der Waals surface area contributed by atoms with E-state index in [9.17, 15) is 0 Å². The van der Waals surface area contributed by atoms with Gasteiger partial charge in [0.2, 0.25) is 11.6 Å². The Morgan fingerprint density at radius 2 is 1.56 bits per heavy atom. The quantitative estimate of drug-likeness (QED) is 0.734. The fourth-order valence-corrected chi connectivity index (χ4v) is 1.46. The lowest BCUT2D eigenvalue weighted by Crippen LogP contribution is -2.05. The standard InChI is InChI=1S/C11H15N7/c12-6-3-1-2-5-9-15-17-11(18-16-9)10-13-7-4-8-14-10/h4,7-8H,1-3,5-6,12H2. The minimum Gasteiger partial charge on any atom is -0.330 e. The molecule has 2 N–H and O–H groups in total. The Morgan fingerprint density at radius 3 is 2.22 bits per heavy atom. The molecule has 0 unspecified atom stereocenters. The van der Waals surface area contributed by atoms with Crippen LogP contribution in [0.5, 0.6) is 0 Å². The van der Waals surface area contributed by atoms with Crippen LogP contribution in [-0.2, 0) is 6.42 Å². The third kappa shape index (κ3) is 3.49. The SMILES string of the molecule is NCCCCCc1nnc(-c2ncccn2)nn1. The van der Waals surface area contributed by atoms with Gasteiger partial charge in [-0.1, -0.05) is 6.42 Å². The summed E-state index contributed by atoms with van der Waals surface area (Å²) in [6, 6.07) is 1.73. The van der Waals surface area contributed by atoms with Crippen molar-refractivity contribution in [2.24, 2.45) is 5.73 Å². The van der Waals surface area contributed by atoms with Gasteiger partial charge in [0.05, 0.1) is 0 Å². The second-order valence-corrected chi connectivity index (χ2v) is 3.81. The second kappa shape index (κ2) is 6.65. The number of nitrogens with zero attached hydrogens (tertiary/aromatic N) is 6. The molecule has 18 heavy (non-hydrogen) atoms. The van der Waals surface area contributed by atoms with Gasteiger partial charge in [0.25, 0.3) is 0 Å². The summed E-state index contributed by atoms with van der Waals surface area (Å²) in [5.41, 5.74) is 5.42. The summed E-state index contributed by atoms with van der Waals surface area (Å²) < 4.78 is 0. The Labute approximate surface area is 105 Å². The predicted octanol–water partition coefficient (Wildman–Crippen LogP) is 0.395. The summed E-state index contributed by atoms with van der Waals surface area (Å²) in [4.78, 5) is 8.07. The highest BCUT2D eigenvalue weighted by Crippen LogP contribution is 2.05. The summed E-state index contributed by atoms with van der Waals surface area (Å²) in [5.74, 6) is 1.43. The zero-order chi connectivity index (χ0) is 12.6. The van der Waals surface area contributed by atoms with Crippen LogP contribution in [0, 0.1) is 0 Å². The molecular weight excluding hydrogens is 230 g/mol. The molecule has 2 aromatic rings. The monoisotopic (exact) mass is 245 g/mol. The van der Waals surface area contributed by atoms with Gasteiger partial charge >= 0.3 is 0 Å². The Balaban J connectivity index is 1.94. The number of unbranched alkanes of at least 4 members (excludes halogenated alkanes) is 2. The molecule has 0 radical (unpaired) electrons. The van der Waals surface area contributed by atoms with E-state index in [0.29, 0.717) is 17.5 Å². The van der Waals surface area contributed by atoms with Crippen LogP contribution >= 0.6 is 0 Å². The number of hydrogen-bond donors (Lipinski definition) is 1. The van der Waals surface area contributed by atoms with Gasteiger partial charge in [0, 0.05) is 18.8 Å². The molecule has 0 aliphatic heterocycles. The summed E-state index contributed by atoms with van der Waals surface area (Å²) >= 11 is 0. The van der Waals surface area contributed by atoms with Gasteiger partial charge in [0.15, 0.2) is 5.82 Å². The molecular formula is C11H15N7. The zero-order valence-corrected chi connectivity index (χ0v) is 10.0. The van der Waals surface area contributed by atoms with E-state index in [1.165, 1.54) is 0 Å².